The summed E-state index contributed by atoms with van der Waals surface area (Å²) in [6.45, 7) is 1.95. The molecule has 0 aliphatic rings. The normalized spacial score (nSPS) is 9.74. The van der Waals surface area contributed by atoms with Crippen LogP contribution < -0.4 is 34.7 Å². The van der Waals surface area contributed by atoms with Crippen LogP contribution in [0.2, 0.25) is 0 Å². The Morgan fingerprint density at radius 1 is 1.00 bits per heavy atom. The maximum absolute atomic E-state index is 11.9. The van der Waals surface area contributed by atoms with Gasteiger partial charge in [0.1, 0.15) is 0 Å². The summed E-state index contributed by atoms with van der Waals surface area (Å²) in [5.41, 5.74) is 0. The number of carbonyl (C=O) groups excluding carboxylic acids is 2. The summed E-state index contributed by atoms with van der Waals surface area (Å²) in [6.07, 6.45) is 11.0. The van der Waals surface area contributed by atoms with Gasteiger partial charge in [0.25, 0.3) is 0 Å². The predicted molar refractivity (Wildman–Crippen MR) is 83.7 cm³/mol. The van der Waals surface area contributed by atoms with E-state index in [1.54, 1.807) is 0 Å². The van der Waals surface area contributed by atoms with Crippen molar-refractivity contribution < 1.29 is 44.3 Å². The van der Waals surface area contributed by atoms with Crippen molar-refractivity contribution in [3.63, 3.8) is 0 Å². The molecule has 23 heavy (non-hydrogen) atoms. The standard InChI is InChI=1S/C17H30N2O3.Na/c1-2-3-4-5-6-7-8-9-10-12-16(20)19(14-11-13-18)15-17(21)22;/h2-12,14-15H2,1H3,(H,21,22);/q;+1/p-1. The second-order valence-electron chi connectivity index (χ2n) is 5.67. The number of nitriles is 1. The van der Waals surface area contributed by atoms with Crippen molar-refractivity contribution in [1.29, 1.82) is 5.26 Å². The van der Waals surface area contributed by atoms with Gasteiger partial charge in [-0.15, -0.1) is 0 Å². The molecule has 0 saturated heterocycles. The van der Waals surface area contributed by atoms with Gasteiger partial charge in [0.2, 0.25) is 5.91 Å². The molecule has 0 spiro atoms. The monoisotopic (exact) mass is 332 g/mol. The SMILES string of the molecule is CCCCCCCCCCCC(=O)N(CCC#N)CC(=O)[O-].[Na+]. The molecule has 0 fully saturated rings. The van der Waals surface area contributed by atoms with E-state index in [-0.39, 0.29) is 48.4 Å². The summed E-state index contributed by atoms with van der Waals surface area (Å²) in [4.78, 5) is 23.7. The smallest absolute Gasteiger partial charge is 0.548 e. The Morgan fingerprint density at radius 2 is 1.52 bits per heavy atom. The van der Waals surface area contributed by atoms with Gasteiger partial charge in [-0.25, -0.2) is 0 Å². The summed E-state index contributed by atoms with van der Waals surface area (Å²) >= 11 is 0. The Balaban J connectivity index is 0. The number of aliphatic carboxylic acids is 1. The number of carboxylic acid groups (broad SMARTS) is 1. The molecule has 0 bridgehead atoms. The molecule has 0 aromatic heterocycles. The molecule has 0 heterocycles. The van der Waals surface area contributed by atoms with Crippen LogP contribution in [0.1, 0.15) is 77.6 Å². The van der Waals surface area contributed by atoms with Gasteiger partial charge in [-0.3, -0.25) is 4.79 Å². The van der Waals surface area contributed by atoms with Crippen molar-refractivity contribution in [3.8, 4) is 6.07 Å². The third-order valence-corrected chi connectivity index (χ3v) is 3.66. The van der Waals surface area contributed by atoms with Crippen LogP contribution in [0.3, 0.4) is 0 Å². The van der Waals surface area contributed by atoms with Crippen molar-refractivity contribution in [2.75, 3.05) is 13.1 Å². The van der Waals surface area contributed by atoms with E-state index in [1.807, 2.05) is 6.07 Å². The van der Waals surface area contributed by atoms with E-state index in [0.29, 0.717) is 6.42 Å². The molecule has 5 nitrogen and oxygen atoms in total. The second-order valence-corrected chi connectivity index (χ2v) is 5.67. The molecular weight excluding hydrogens is 303 g/mol. The molecule has 0 rings (SSSR count). The third-order valence-electron chi connectivity index (χ3n) is 3.66. The van der Waals surface area contributed by atoms with Crippen molar-refractivity contribution in [2.24, 2.45) is 0 Å². The van der Waals surface area contributed by atoms with Gasteiger partial charge in [0, 0.05) is 13.0 Å². The first-order valence-corrected chi connectivity index (χ1v) is 8.46. The van der Waals surface area contributed by atoms with Gasteiger partial charge >= 0.3 is 29.6 Å². The van der Waals surface area contributed by atoms with E-state index in [2.05, 4.69) is 6.92 Å². The number of carboxylic acids is 1. The molecule has 126 valence electrons. The zero-order valence-corrected chi connectivity index (χ0v) is 16.8. The Kier molecular flexibility index (Phi) is 19.1. The maximum Gasteiger partial charge on any atom is 1.00 e. The van der Waals surface area contributed by atoms with E-state index < -0.39 is 12.5 Å². The minimum Gasteiger partial charge on any atom is -0.548 e. The Hall–Kier alpha value is -0.570. The molecule has 0 aliphatic heterocycles. The van der Waals surface area contributed by atoms with Crippen LogP contribution in [0.15, 0.2) is 0 Å². The van der Waals surface area contributed by atoms with Gasteiger partial charge < -0.3 is 14.8 Å². The number of amides is 1. The summed E-state index contributed by atoms with van der Waals surface area (Å²) in [5.74, 6) is -1.47. The average Bonchev–Trinajstić information content (AvgIpc) is 2.49. The number of hydrogen-bond acceptors (Lipinski definition) is 4. The van der Waals surface area contributed by atoms with Gasteiger partial charge in [-0.1, -0.05) is 58.3 Å². The molecule has 0 N–H and O–H groups in total. The van der Waals surface area contributed by atoms with Gasteiger partial charge in [-0.05, 0) is 6.42 Å². The fourth-order valence-electron chi connectivity index (χ4n) is 2.38. The number of nitrogens with zero attached hydrogens (tertiary/aromatic N) is 2. The predicted octanol–water partition coefficient (Wildman–Crippen LogP) is -0.597. The van der Waals surface area contributed by atoms with Crippen LogP contribution >= 0.6 is 0 Å². The van der Waals surface area contributed by atoms with Crippen LogP contribution in [0.25, 0.3) is 0 Å². The first-order valence-electron chi connectivity index (χ1n) is 8.46. The van der Waals surface area contributed by atoms with Crippen molar-refractivity contribution in [1.82, 2.24) is 4.90 Å². The van der Waals surface area contributed by atoms with Crippen LogP contribution in [0, 0.1) is 11.3 Å². The molecule has 0 aromatic carbocycles. The van der Waals surface area contributed by atoms with Gasteiger partial charge in [0.15, 0.2) is 0 Å². The minimum absolute atomic E-state index is 0. The van der Waals surface area contributed by atoms with E-state index in [4.69, 9.17) is 5.26 Å². The molecule has 6 heteroatoms. The van der Waals surface area contributed by atoms with Crippen LogP contribution in [0.5, 0.6) is 0 Å². The largest absolute Gasteiger partial charge is 1.00 e. The van der Waals surface area contributed by atoms with Gasteiger partial charge in [0.05, 0.1) is 25.0 Å². The summed E-state index contributed by atoms with van der Waals surface area (Å²) < 4.78 is 0. The summed E-state index contributed by atoms with van der Waals surface area (Å²) in [5, 5.41) is 19.1. The number of carbonyl (C=O) groups is 2. The first-order chi connectivity index (χ1) is 10.6. The number of unbranched alkanes of at least 4 members (excludes halogenated alkanes) is 8. The zero-order chi connectivity index (χ0) is 16.6. The van der Waals surface area contributed by atoms with E-state index in [9.17, 15) is 14.7 Å². The molecule has 0 saturated carbocycles. The van der Waals surface area contributed by atoms with Crippen molar-refractivity contribution in [3.05, 3.63) is 0 Å². The summed E-state index contributed by atoms with van der Waals surface area (Å²) in [6, 6.07) is 1.92. The third kappa shape index (κ3) is 16.1. The number of rotatable bonds is 14. The first kappa shape index (κ1) is 24.7. The molecule has 0 radical (unpaired) electrons. The Morgan fingerprint density at radius 3 is 2.00 bits per heavy atom. The van der Waals surface area contributed by atoms with Crippen LogP contribution in [-0.2, 0) is 9.59 Å². The van der Waals surface area contributed by atoms with Crippen LogP contribution in [-0.4, -0.2) is 29.9 Å². The Bertz CT molecular complexity index is 356. The Labute approximate surface area is 162 Å². The quantitative estimate of drug-likeness (QED) is 0.314. The van der Waals surface area contributed by atoms with Crippen molar-refractivity contribution >= 4 is 11.9 Å². The van der Waals surface area contributed by atoms with Gasteiger partial charge in [-0.2, -0.15) is 5.26 Å². The molecule has 0 aliphatic carbocycles. The second kappa shape index (κ2) is 17.8. The molecule has 0 unspecified atom stereocenters. The van der Waals surface area contributed by atoms with Crippen molar-refractivity contribution in [2.45, 2.75) is 77.6 Å². The van der Waals surface area contributed by atoms with E-state index >= 15 is 0 Å². The number of hydrogen-bond donors (Lipinski definition) is 0. The van der Waals surface area contributed by atoms with E-state index in [0.717, 1.165) is 19.3 Å². The molecule has 0 aromatic rings. The molecule has 0 atom stereocenters. The minimum atomic E-state index is -1.28. The zero-order valence-electron chi connectivity index (χ0n) is 14.8. The topological polar surface area (TPSA) is 84.2 Å². The average molecular weight is 332 g/mol. The molecular formula is C17H29N2NaO3. The fourth-order valence-corrected chi connectivity index (χ4v) is 2.38. The molecule has 1 amide bonds. The maximum atomic E-state index is 11.9. The fraction of sp³-hybridized carbons (Fsp3) is 0.824. The van der Waals surface area contributed by atoms with Crippen LogP contribution in [0.4, 0.5) is 0 Å². The summed E-state index contributed by atoms with van der Waals surface area (Å²) in [7, 11) is 0. The van der Waals surface area contributed by atoms with E-state index in [1.165, 1.54) is 43.4 Å².